The number of carbonyl (C=O) groups is 1. The zero-order valence-corrected chi connectivity index (χ0v) is 10.7. The van der Waals surface area contributed by atoms with Gasteiger partial charge in [0.1, 0.15) is 0 Å². The summed E-state index contributed by atoms with van der Waals surface area (Å²) in [5.41, 5.74) is 2.65. The van der Waals surface area contributed by atoms with Gasteiger partial charge in [-0.3, -0.25) is 9.69 Å². The van der Waals surface area contributed by atoms with Gasteiger partial charge in [-0.2, -0.15) is 0 Å². The van der Waals surface area contributed by atoms with E-state index >= 15 is 0 Å². The molecular weight excluding hydrogens is 238 g/mol. The third-order valence-corrected chi connectivity index (χ3v) is 3.74. The highest BCUT2D eigenvalue weighted by atomic mass is 32.1. The van der Waals surface area contributed by atoms with Gasteiger partial charge in [0.05, 0.1) is 23.7 Å². The summed E-state index contributed by atoms with van der Waals surface area (Å²) in [6.45, 7) is 3.79. The Morgan fingerprint density at radius 1 is 1.53 bits per heavy atom. The molecule has 17 heavy (non-hydrogen) atoms. The second kappa shape index (κ2) is 5.57. The highest BCUT2D eigenvalue weighted by molar-refractivity contribution is 7.07. The standard InChI is InChI=1S/C11H17N3O2S/c1-13-2-4-14(5-3-13)10(6-11(15)16)9-7-17-8-12-9/h7-8,10H,2-6H2,1H3,(H,15,16). The van der Waals surface area contributed by atoms with Crippen molar-refractivity contribution in [3.8, 4) is 0 Å². The Morgan fingerprint density at radius 3 is 2.76 bits per heavy atom. The van der Waals surface area contributed by atoms with E-state index in [1.807, 2.05) is 5.38 Å². The average Bonchev–Trinajstić information content (AvgIpc) is 2.80. The lowest BCUT2D eigenvalue weighted by atomic mass is 10.1. The summed E-state index contributed by atoms with van der Waals surface area (Å²) in [5, 5.41) is 11.0. The summed E-state index contributed by atoms with van der Waals surface area (Å²) in [6.07, 6.45) is 0.132. The molecule has 1 unspecified atom stereocenters. The van der Waals surface area contributed by atoms with Crippen molar-refractivity contribution in [3.63, 3.8) is 0 Å². The van der Waals surface area contributed by atoms with Gasteiger partial charge in [0, 0.05) is 31.6 Å². The van der Waals surface area contributed by atoms with E-state index in [2.05, 4.69) is 21.8 Å². The van der Waals surface area contributed by atoms with Crippen molar-refractivity contribution >= 4 is 17.3 Å². The van der Waals surface area contributed by atoms with Gasteiger partial charge >= 0.3 is 5.97 Å². The molecule has 0 spiro atoms. The minimum absolute atomic E-state index is 0.0764. The van der Waals surface area contributed by atoms with E-state index in [1.54, 1.807) is 5.51 Å². The molecule has 6 heteroatoms. The normalized spacial score (nSPS) is 20.3. The van der Waals surface area contributed by atoms with Gasteiger partial charge < -0.3 is 10.0 Å². The maximum atomic E-state index is 11.0. The maximum absolute atomic E-state index is 11.0. The number of aliphatic carboxylic acids is 1. The van der Waals surface area contributed by atoms with E-state index in [0.29, 0.717) is 0 Å². The van der Waals surface area contributed by atoms with Crippen LogP contribution in [-0.2, 0) is 4.79 Å². The van der Waals surface area contributed by atoms with E-state index in [-0.39, 0.29) is 12.5 Å². The fourth-order valence-corrected chi connectivity index (χ4v) is 2.71. The number of piperazine rings is 1. The van der Waals surface area contributed by atoms with E-state index in [4.69, 9.17) is 5.11 Å². The highest BCUT2D eigenvalue weighted by Gasteiger charge is 2.27. The number of hydrogen-bond acceptors (Lipinski definition) is 5. The smallest absolute Gasteiger partial charge is 0.305 e. The molecule has 1 aromatic rings. The number of carboxylic acids is 1. The van der Waals surface area contributed by atoms with Crippen LogP contribution >= 0.6 is 11.3 Å². The van der Waals surface area contributed by atoms with Gasteiger partial charge in [-0.15, -0.1) is 11.3 Å². The first-order valence-electron chi connectivity index (χ1n) is 5.69. The van der Waals surface area contributed by atoms with Crippen molar-refractivity contribution in [2.24, 2.45) is 0 Å². The van der Waals surface area contributed by atoms with Crippen LogP contribution < -0.4 is 0 Å². The van der Waals surface area contributed by atoms with Crippen LogP contribution in [0.1, 0.15) is 18.2 Å². The first-order valence-corrected chi connectivity index (χ1v) is 6.63. The lowest BCUT2D eigenvalue weighted by molar-refractivity contribution is -0.138. The van der Waals surface area contributed by atoms with Gasteiger partial charge in [0.25, 0.3) is 0 Å². The van der Waals surface area contributed by atoms with Crippen molar-refractivity contribution in [1.82, 2.24) is 14.8 Å². The molecule has 1 fully saturated rings. The minimum Gasteiger partial charge on any atom is -0.481 e. The van der Waals surface area contributed by atoms with Gasteiger partial charge in [-0.1, -0.05) is 0 Å². The lowest BCUT2D eigenvalue weighted by Gasteiger charge is -2.36. The largest absolute Gasteiger partial charge is 0.481 e. The Bertz CT molecular complexity index is 361. The predicted molar refractivity (Wildman–Crippen MR) is 66.2 cm³/mol. The highest BCUT2D eigenvalue weighted by Crippen LogP contribution is 2.25. The number of hydrogen-bond donors (Lipinski definition) is 1. The van der Waals surface area contributed by atoms with Crippen LogP contribution in [0.25, 0.3) is 0 Å². The molecule has 1 aromatic heterocycles. The van der Waals surface area contributed by atoms with Gasteiger partial charge in [0.2, 0.25) is 0 Å². The summed E-state index contributed by atoms with van der Waals surface area (Å²) in [5.74, 6) is -0.762. The number of likely N-dealkylation sites (N-methyl/N-ethyl adjacent to an activating group) is 1. The molecule has 1 aliphatic rings. The summed E-state index contributed by atoms with van der Waals surface area (Å²) >= 11 is 1.52. The zero-order valence-electron chi connectivity index (χ0n) is 9.87. The monoisotopic (exact) mass is 255 g/mol. The Balaban J connectivity index is 2.07. The van der Waals surface area contributed by atoms with E-state index in [9.17, 15) is 4.79 Å². The van der Waals surface area contributed by atoms with Crippen LogP contribution in [0, 0.1) is 0 Å². The van der Waals surface area contributed by atoms with Crippen molar-refractivity contribution in [2.45, 2.75) is 12.5 Å². The molecule has 1 aliphatic heterocycles. The van der Waals surface area contributed by atoms with E-state index < -0.39 is 5.97 Å². The van der Waals surface area contributed by atoms with Crippen molar-refractivity contribution in [3.05, 3.63) is 16.6 Å². The molecule has 2 heterocycles. The summed E-state index contributed by atoms with van der Waals surface area (Å²) in [6, 6.07) is -0.0764. The first-order chi connectivity index (χ1) is 8.16. The van der Waals surface area contributed by atoms with Crippen LogP contribution in [0.4, 0.5) is 0 Å². The fraction of sp³-hybridized carbons (Fsp3) is 0.636. The molecule has 0 saturated carbocycles. The molecule has 2 rings (SSSR count). The Hall–Kier alpha value is -0.980. The van der Waals surface area contributed by atoms with Crippen LogP contribution in [0.2, 0.25) is 0 Å². The molecule has 0 aromatic carbocycles. The Kier molecular flexibility index (Phi) is 4.09. The van der Waals surface area contributed by atoms with Crippen molar-refractivity contribution < 1.29 is 9.90 Å². The van der Waals surface area contributed by atoms with Crippen molar-refractivity contribution in [2.75, 3.05) is 33.2 Å². The van der Waals surface area contributed by atoms with Crippen molar-refractivity contribution in [1.29, 1.82) is 0 Å². The Labute approximate surface area is 105 Å². The summed E-state index contributed by atoms with van der Waals surface area (Å²) in [4.78, 5) is 19.7. The second-order valence-electron chi connectivity index (χ2n) is 4.37. The number of carboxylic acid groups (broad SMARTS) is 1. The topological polar surface area (TPSA) is 56.7 Å². The second-order valence-corrected chi connectivity index (χ2v) is 5.08. The summed E-state index contributed by atoms with van der Waals surface area (Å²) in [7, 11) is 2.09. The lowest BCUT2D eigenvalue weighted by Crippen LogP contribution is -2.46. The van der Waals surface area contributed by atoms with Gasteiger partial charge in [-0.25, -0.2) is 4.98 Å². The zero-order chi connectivity index (χ0) is 12.3. The quantitative estimate of drug-likeness (QED) is 0.866. The molecule has 94 valence electrons. The number of nitrogens with zero attached hydrogens (tertiary/aromatic N) is 3. The molecule has 1 saturated heterocycles. The minimum atomic E-state index is -0.762. The molecule has 0 radical (unpaired) electrons. The van der Waals surface area contributed by atoms with Crippen LogP contribution in [0.5, 0.6) is 0 Å². The van der Waals surface area contributed by atoms with Crippen LogP contribution in [-0.4, -0.2) is 59.1 Å². The average molecular weight is 255 g/mol. The van der Waals surface area contributed by atoms with E-state index in [1.165, 1.54) is 11.3 Å². The molecule has 1 atom stereocenters. The third-order valence-electron chi connectivity index (χ3n) is 3.14. The molecule has 0 aliphatic carbocycles. The number of aromatic nitrogens is 1. The maximum Gasteiger partial charge on any atom is 0.305 e. The number of thiazole rings is 1. The fourth-order valence-electron chi connectivity index (χ4n) is 2.11. The molecule has 0 bridgehead atoms. The summed E-state index contributed by atoms with van der Waals surface area (Å²) < 4.78 is 0. The van der Waals surface area contributed by atoms with Gasteiger partial charge in [-0.05, 0) is 7.05 Å². The van der Waals surface area contributed by atoms with Crippen LogP contribution in [0.3, 0.4) is 0 Å². The molecular formula is C11H17N3O2S. The predicted octanol–water partition coefficient (Wildman–Crippen LogP) is 0.906. The molecule has 1 N–H and O–H groups in total. The van der Waals surface area contributed by atoms with Gasteiger partial charge in [0.15, 0.2) is 0 Å². The van der Waals surface area contributed by atoms with Crippen LogP contribution in [0.15, 0.2) is 10.9 Å². The molecule has 0 amide bonds. The first kappa shape index (κ1) is 12.5. The van der Waals surface area contributed by atoms with E-state index in [0.717, 1.165) is 31.9 Å². The Morgan fingerprint density at radius 2 is 2.24 bits per heavy atom. The SMILES string of the molecule is CN1CCN(C(CC(=O)O)c2cscn2)CC1. The molecule has 5 nitrogen and oxygen atoms in total. The number of rotatable bonds is 4. The third kappa shape index (κ3) is 3.24.